The molecule has 2 saturated carbocycles. The number of carbonyl (C=O) groups excluding carboxylic acids is 2. The zero-order chi connectivity index (χ0) is 17.6. The second-order valence-corrected chi connectivity index (χ2v) is 7.43. The number of amides is 2. The molecule has 5 heteroatoms. The molecule has 0 bridgehead atoms. The monoisotopic (exact) mass is 343 g/mol. The van der Waals surface area contributed by atoms with Gasteiger partial charge in [-0.25, -0.2) is 0 Å². The van der Waals surface area contributed by atoms with Crippen molar-refractivity contribution in [1.82, 2.24) is 10.6 Å². The van der Waals surface area contributed by atoms with Crippen LogP contribution in [0.2, 0.25) is 0 Å². The SMILES string of the molecule is CN(CC(=O)NCC1CCCCC1NC(=O)C1CC1)c1ccccc1. The van der Waals surface area contributed by atoms with Gasteiger partial charge in [-0.15, -0.1) is 0 Å². The van der Waals surface area contributed by atoms with Gasteiger partial charge in [0.1, 0.15) is 0 Å². The van der Waals surface area contributed by atoms with Gasteiger partial charge in [0.15, 0.2) is 0 Å². The van der Waals surface area contributed by atoms with Gasteiger partial charge in [0.25, 0.3) is 0 Å². The molecule has 2 fully saturated rings. The van der Waals surface area contributed by atoms with Crippen LogP contribution in [0.15, 0.2) is 30.3 Å². The first-order chi connectivity index (χ1) is 12.1. The van der Waals surface area contributed by atoms with E-state index < -0.39 is 0 Å². The molecule has 2 amide bonds. The summed E-state index contributed by atoms with van der Waals surface area (Å²) in [6, 6.07) is 10.1. The van der Waals surface area contributed by atoms with Gasteiger partial charge in [0.05, 0.1) is 6.54 Å². The Balaban J connectivity index is 1.45. The number of anilines is 1. The molecule has 25 heavy (non-hydrogen) atoms. The van der Waals surface area contributed by atoms with Crippen LogP contribution >= 0.6 is 0 Å². The minimum absolute atomic E-state index is 0.0317. The fourth-order valence-corrected chi connectivity index (χ4v) is 3.58. The Morgan fingerprint density at radius 1 is 1.08 bits per heavy atom. The zero-order valence-corrected chi connectivity index (χ0v) is 15.0. The molecule has 0 aromatic heterocycles. The van der Waals surface area contributed by atoms with E-state index in [2.05, 4.69) is 10.6 Å². The quantitative estimate of drug-likeness (QED) is 0.799. The van der Waals surface area contributed by atoms with Crippen molar-refractivity contribution in [2.45, 2.75) is 44.6 Å². The summed E-state index contributed by atoms with van der Waals surface area (Å²) < 4.78 is 0. The fourth-order valence-electron chi connectivity index (χ4n) is 3.58. The highest BCUT2D eigenvalue weighted by atomic mass is 16.2. The second-order valence-electron chi connectivity index (χ2n) is 7.43. The van der Waals surface area contributed by atoms with Crippen molar-refractivity contribution in [3.05, 3.63) is 30.3 Å². The highest BCUT2D eigenvalue weighted by molar-refractivity contribution is 5.82. The van der Waals surface area contributed by atoms with Gasteiger partial charge in [0, 0.05) is 31.2 Å². The van der Waals surface area contributed by atoms with E-state index in [-0.39, 0.29) is 23.8 Å². The number of hydrogen-bond donors (Lipinski definition) is 2. The number of rotatable bonds is 7. The second kappa shape index (κ2) is 8.37. The molecule has 0 aliphatic heterocycles. The molecule has 0 saturated heterocycles. The lowest BCUT2D eigenvalue weighted by Crippen LogP contribution is -2.47. The number of nitrogens with one attached hydrogen (secondary N) is 2. The van der Waals surface area contributed by atoms with Gasteiger partial charge in [-0.2, -0.15) is 0 Å². The van der Waals surface area contributed by atoms with E-state index in [1.807, 2.05) is 42.3 Å². The third-order valence-electron chi connectivity index (χ3n) is 5.32. The Hall–Kier alpha value is -2.04. The predicted octanol–water partition coefficient (Wildman–Crippen LogP) is 2.32. The van der Waals surface area contributed by atoms with Crippen molar-refractivity contribution in [3.63, 3.8) is 0 Å². The van der Waals surface area contributed by atoms with Crippen LogP contribution < -0.4 is 15.5 Å². The summed E-state index contributed by atoms with van der Waals surface area (Å²) >= 11 is 0. The summed E-state index contributed by atoms with van der Waals surface area (Å²) in [5.74, 6) is 0.843. The maximum Gasteiger partial charge on any atom is 0.239 e. The molecule has 0 radical (unpaired) electrons. The maximum absolute atomic E-state index is 12.3. The van der Waals surface area contributed by atoms with E-state index in [4.69, 9.17) is 0 Å². The van der Waals surface area contributed by atoms with Gasteiger partial charge in [-0.3, -0.25) is 9.59 Å². The molecule has 1 aromatic rings. The maximum atomic E-state index is 12.3. The van der Waals surface area contributed by atoms with Crippen LogP contribution in [0.1, 0.15) is 38.5 Å². The highest BCUT2D eigenvalue weighted by Gasteiger charge is 2.33. The zero-order valence-electron chi connectivity index (χ0n) is 15.0. The predicted molar refractivity (Wildman–Crippen MR) is 99.3 cm³/mol. The first kappa shape index (κ1) is 17.8. The Morgan fingerprint density at radius 2 is 1.80 bits per heavy atom. The third kappa shape index (κ3) is 5.21. The van der Waals surface area contributed by atoms with Gasteiger partial charge in [-0.1, -0.05) is 31.0 Å². The molecule has 2 unspecified atom stereocenters. The molecule has 2 N–H and O–H groups in total. The summed E-state index contributed by atoms with van der Waals surface area (Å²) in [5.41, 5.74) is 1.03. The molecule has 136 valence electrons. The average molecular weight is 343 g/mol. The minimum Gasteiger partial charge on any atom is -0.365 e. The van der Waals surface area contributed by atoms with Crippen LogP contribution in [-0.2, 0) is 9.59 Å². The fraction of sp³-hybridized carbons (Fsp3) is 0.600. The molecule has 3 rings (SSSR count). The summed E-state index contributed by atoms with van der Waals surface area (Å²) in [6.07, 6.45) is 6.52. The number of nitrogens with zero attached hydrogens (tertiary/aromatic N) is 1. The molecule has 5 nitrogen and oxygen atoms in total. The minimum atomic E-state index is 0.0317. The van der Waals surface area contributed by atoms with Crippen LogP contribution in [0.25, 0.3) is 0 Å². The summed E-state index contributed by atoms with van der Waals surface area (Å²) in [7, 11) is 1.92. The first-order valence-electron chi connectivity index (χ1n) is 9.47. The summed E-state index contributed by atoms with van der Waals surface area (Å²) in [5, 5.41) is 6.29. The van der Waals surface area contributed by atoms with E-state index in [9.17, 15) is 9.59 Å². The molecule has 0 heterocycles. The molecule has 2 aliphatic carbocycles. The van der Waals surface area contributed by atoms with Crippen molar-refractivity contribution >= 4 is 17.5 Å². The lowest BCUT2D eigenvalue weighted by Gasteiger charge is -2.32. The van der Waals surface area contributed by atoms with Crippen LogP contribution in [0.4, 0.5) is 5.69 Å². The standard InChI is InChI=1S/C20H29N3O2/c1-23(17-8-3-2-4-9-17)14-19(24)21-13-16-7-5-6-10-18(16)22-20(25)15-11-12-15/h2-4,8-9,15-16,18H,5-7,10-14H2,1H3,(H,21,24)(H,22,25). The summed E-state index contributed by atoms with van der Waals surface area (Å²) in [4.78, 5) is 26.3. The number of benzene rings is 1. The van der Waals surface area contributed by atoms with E-state index in [1.54, 1.807) is 0 Å². The average Bonchev–Trinajstić information content (AvgIpc) is 3.47. The molecular formula is C20H29N3O2. The number of carbonyl (C=O) groups is 2. The lowest BCUT2D eigenvalue weighted by molar-refractivity contribution is -0.123. The molecule has 2 atom stereocenters. The molecular weight excluding hydrogens is 314 g/mol. The van der Waals surface area contributed by atoms with Crippen LogP contribution in [0.3, 0.4) is 0 Å². The van der Waals surface area contributed by atoms with E-state index in [1.165, 1.54) is 6.42 Å². The number of likely N-dealkylation sites (N-methyl/N-ethyl adjacent to an activating group) is 1. The van der Waals surface area contributed by atoms with Crippen molar-refractivity contribution < 1.29 is 9.59 Å². The van der Waals surface area contributed by atoms with Crippen molar-refractivity contribution in [2.75, 3.05) is 25.0 Å². The van der Waals surface area contributed by atoms with E-state index >= 15 is 0 Å². The van der Waals surface area contributed by atoms with Crippen molar-refractivity contribution in [1.29, 1.82) is 0 Å². The van der Waals surface area contributed by atoms with Gasteiger partial charge in [-0.05, 0) is 43.7 Å². The first-order valence-corrected chi connectivity index (χ1v) is 9.47. The molecule has 2 aliphatic rings. The molecule has 1 aromatic carbocycles. The lowest BCUT2D eigenvalue weighted by atomic mass is 9.84. The smallest absolute Gasteiger partial charge is 0.239 e. The van der Waals surface area contributed by atoms with Crippen molar-refractivity contribution in [2.24, 2.45) is 11.8 Å². The van der Waals surface area contributed by atoms with Gasteiger partial charge < -0.3 is 15.5 Å². The summed E-state index contributed by atoms with van der Waals surface area (Å²) in [6.45, 7) is 0.993. The number of hydrogen-bond acceptors (Lipinski definition) is 3. The Bertz CT molecular complexity index is 586. The van der Waals surface area contributed by atoms with Gasteiger partial charge in [0.2, 0.25) is 11.8 Å². The van der Waals surface area contributed by atoms with E-state index in [0.29, 0.717) is 19.0 Å². The van der Waals surface area contributed by atoms with Crippen LogP contribution in [0.5, 0.6) is 0 Å². The Morgan fingerprint density at radius 3 is 2.52 bits per heavy atom. The highest BCUT2D eigenvalue weighted by Crippen LogP contribution is 2.30. The van der Waals surface area contributed by atoms with E-state index in [0.717, 1.165) is 37.8 Å². The molecule has 0 spiro atoms. The Kier molecular flexibility index (Phi) is 5.95. The number of para-hydroxylation sites is 1. The van der Waals surface area contributed by atoms with Crippen LogP contribution in [0, 0.1) is 11.8 Å². The third-order valence-corrected chi connectivity index (χ3v) is 5.32. The largest absolute Gasteiger partial charge is 0.365 e. The van der Waals surface area contributed by atoms with Crippen molar-refractivity contribution in [3.8, 4) is 0 Å². The topological polar surface area (TPSA) is 61.4 Å². The normalized spacial score (nSPS) is 22.9. The van der Waals surface area contributed by atoms with Gasteiger partial charge >= 0.3 is 0 Å². The Labute approximate surface area is 150 Å². The van der Waals surface area contributed by atoms with Crippen LogP contribution in [-0.4, -0.2) is 38.0 Å².